The standard InChI is InChI=1S/C15H23N5/c1-18(2)10-11-20(12-14-6-4-5-7-16-14)13-15-17-8-9-19(15)3/h4-9H,10-13H2,1-3H3. The van der Waals surface area contributed by atoms with Gasteiger partial charge in [0.05, 0.1) is 12.2 Å². The fraction of sp³-hybridized carbons (Fsp3) is 0.467. The average Bonchev–Trinajstić information content (AvgIpc) is 2.83. The molecule has 0 spiro atoms. The average molecular weight is 273 g/mol. The van der Waals surface area contributed by atoms with E-state index in [9.17, 15) is 0 Å². The molecule has 108 valence electrons. The van der Waals surface area contributed by atoms with Gasteiger partial charge in [-0.25, -0.2) is 4.98 Å². The summed E-state index contributed by atoms with van der Waals surface area (Å²) < 4.78 is 2.07. The zero-order valence-electron chi connectivity index (χ0n) is 12.5. The molecule has 5 heteroatoms. The topological polar surface area (TPSA) is 37.2 Å². The Morgan fingerprint density at radius 1 is 1.05 bits per heavy atom. The lowest BCUT2D eigenvalue weighted by Gasteiger charge is -2.23. The van der Waals surface area contributed by atoms with Crippen LogP contribution in [0.1, 0.15) is 11.5 Å². The van der Waals surface area contributed by atoms with E-state index in [0.29, 0.717) is 0 Å². The lowest BCUT2D eigenvalue weighted by Crippen LogP contribution is -2.32. The Kier molecular flexibility index (Phi) is 5.26. The van der Waals surface area contributed by atoms with Crippen LogP contribution < -0.4 is 0 Å². The molecule has 2 aromatic heterocycles. The van der Waals surface area contributed by atoms with Crippen molar-refractivity contribution in [2.24, 2.45) is 7.05 Å². The third-order valence-corrected chi connectivity index (χ3v) is 3.26. The maximum atomic E-state index is 4.41. The van der Waals surface area contributed by atoms with E-state index in [4.69, 9.17) is 0 Å². The van der Waals surface area contributed by atoms with E-state index in [-0.39, 0.29) is 0 Å². The molecular weight excluding hydrogens is 250 g/mol. The molecule has 5 nitrogen and oxygen atoms in total. The second-order valence-corrected chi connectivity index (χ2v) is 5.29. The van der Waals surface area contributed by atoms with E-state index >= 15 is 0 Å². The van der Waals surface area contributed by atoms with Crippen LogP contribution in [0.4, 0.5) is 0 Å². The van der Waals surface area contributed by atoms with Gasteiger partial charge in [0, 0.05) is 45.3 Å². The zero-order chi connectivity index (χ0) is 14.4. The first-order valence-electron chi connectivity index (χ1n) is 6.88. The third-order valence-electron chi connectivity index (χ3n) is 3.26. The molecule has 2 rings (SSSR count). The predicted molar refractivity (Wildman–Crippen MR) is 80.1 cm³/mol. The minimum Gasteiger partial charge on any atom is -0.337 e. The molecule has 0 atom stereocenters. The van der Waals surface area contributed by atoms with E-state index < -0.39 is 0 Å². The van der Waals surface area contributed by atoms with Gasteiger partial charge in [-0.2, -0.15) is 0 Å². The number of aromatic nitrogens is 3. The summed E-state index contributed by atoms with van der Waals surface area (Å²) >= 11 is 0. The van der Waals surface area contributed by atoms with Crippen LogP contribution in [0.3, 0.4) is 0 Å². The SMILES string of the molecule is CN(C)CCN(Cc1ccccn1)Cc1nccn1C. The first-order valence-corrected chi connectivity index (χ1v) is 6.88. The quantitative estimate of drug-likeness (QED) is 0.764. The number of hydrogen-bond acceptors (Lipinski definition) is 4. The molecule has 0 fully saturated rings. The number of nitrogens with zero attached hydrogens (tertiary/aromatic N) is 5. The first-order chi connectivity index (χ1) is 9.65. The summed E-state index contributed by atoms with van der Waals surface area (Å²) in [4.78, 5) is 13.4. The Morgan fingerprint density at radius 3 is 2.50 bits per heavy atom. The van der Waals surface area contributed by atoms with Crippen LogP contribution in [0.2, 0.25) is 0 Å². The fourth-order valence-corrected chi connectivity index (χ4v) is 2.03. The first kappa shape index (κ1) is 14.7. The van der Waals surface area contributed by atoms with Crippen LogP contribution in [-0.2, 0) is 20.1 Å². The molecule has 0 aliphatic heterocycles. The van der Waals surface area contributed by atoms with Crippen molar-refractivity contribution in [3.8, 4) is 0 Å². The van der Waals surface area contributed by atoms with Crippen molar-refractivity contribution in [2.45, 2.75) is 13.1 Å². The second kappa shape index (κ2) is 7.17. The molecule has 0 saturated heterocycles. The Balaban J connectivity index is 2.02. The highest BCUT2D eigenvalue weighted by molar-refractivity contribution is 5.03. The number of imidazole rings is 1. The minimum atomic E-state index is 0.841. The molecule has 2 aromatic rings. The molecule has 0 unspecified atom stereocenters. The molecule has 0 N–H and O–H groups in total. The van der Waals surface area contributed by atoms with Gasteiger partial charge < -0.3 is 9.47 Å². The van der Waals surface area contributed by atoms with Gasteiger partial charge in [-0.1, -0.05) is 6.07 Å². The third kappa shape index (κ3) is 4.43. The maximum absolute atomic E-state index is 4.41. The molecule has 2 heterocycles. The number of aryl methyl sites for hydroxylation is 1. The van der Waals surface area contributed by atoms with Crippen LogP contribution in [0, 0.1) is 0 Å². The lowest BCUT2D eigenvalue weighted by atomic mass is 10.3. The summed E-state index contributed by atoms with van der Waals surface area (Å²) in [6.45, 7) is 3.71. The lowest BCUT2D eigenvalue weighted by molar-refractivity contribution is 0.217. The van der Waals surface area contributed by atoms with E-state index in [1.54, 1.807) is 0 Å². The van der Waals surface area contributed by atoms with Crippen molar-refractivity contribution in [2.75, 3.05) is 27.2 Å². The molecule has 20 heavy (non-hydrogen) atoms. The van der Waals surface area contributed by atoms with E-state index in [1.165, 1.54) is 0 Å². The minimum absolute atomic E-state index is 0.841. The Bertz CT molecular complexity index is 506. The van der Waals surface area contributed by atoms with E-state index in [2.05, 4.69) is 44.5 Å². The highest BCUT2D eigenvalue weighted by atomic mass is 15.2. The Labute approximate surface area is 120 Å². The maximum Gasteiger partial charge on any atom is 0.122 e. The smallest absolute Gasteiger partial charge is 0.122 e. The highest BCUT2D eigenvalue weighted by Gasteiger charge is 2.10. The number of likely N-dealkylation sites (N-methyl/N-ethyl adjacent to an activating group) is 1. The van der Waals surface area contributed by atoms with Gasteiger partial charge in [0.15, 0.2) is 0 Å². The molecular formula is C15H23N5. The molecule has 0 saturated carbocycles. The monoisotopic (exact) mass is 273 g/mol. The van der Waals surface area contributed by atoms with Gasteiger partial charge in [0.25, 0.3) is 0 Å². The predicted octanol–water partition coefficient (Wildman–Crippen LogP) is 1.38. The molecule has 0 amide bonds. The summed E-state index contributed by atoms with van der Waals surface area (Å²) in [5.41, 5.74) is 1.10. The van der Waals surface area contributed by atoms with Gasteiger partial charge in [-0.15, -0.1) is 0 Å². The summed E-state index contributed by atoms with van der Waals surface area (Å²) in [5, 5.41) is 0. The van der Waals surface area contributed by atoms with Crippen LogP contribution in [0.15, 0.2) is 36.8 Å². The fourth-order valence-electron chi connectivity index (χ4n) is 2.03. The number of rotatable bonds is 7. The van der Waals surface area contributed by atoms with Gasteiger partial charge in [-0.05, 0) is 26.2 Å². The zero-order valence-corrected chi connectivity index (χ0v) is 12.5. The van der Waals surface area contributed by atoms with Crippen LogP contribution >= 0.6 is 0 Å². The Hall–Kier alpha value is -1.72. The van der Waals surface area contributed by atoms with Crippen LogP contribution in [-0.4, -0.2) is 51.5 Å². The molecule has 0 aliphatic rings. The molecule has 0 aliphatic carbocycles. The number of pyridine rings is 1. The van der Waals surface area contributed by atoms with Gasteiger partial charge in [0.2, 0.25) is 0 Å². The van der Waals surface area contributed by atoms with Gasteiger partial charge in [-0.3, -0.25) is 9.88 Å². The highest BCUT2D eigenvalue weighted by Crippen LogP contribution is 2.06. The van der Waals surface area contributed by atoms with Crippen molar-refractivity contribution >= 4 is 0 Å². The van der Waals surface area contributed by atoms with E-state index in [0.717, 1.165) is 37.7 Å². The van der Waals surface area contributed by atoms with Crippen molar-refractivity contribution < 1.29 is 0 Å². The van der Waals surface area contributed by atoms with Crippen molar-refractivity contribution in [3.05, 3.63) is 48.3 Å². The Morgan fingerprint density at radius 2 is 1.90 bits per heavy atom. The number of hydrogen-bond donors (Lipinski definition) is 0. The summed E-state index contributed by atoms with van der Waals surface area (Å²) in [6, 6.07) is 6.06. The second-order valence-electron chi connectivity index (χ2n) is 5.29. The summed E-state index contributed by atoms with van der Waals surface area (Å²) in [5.74, 6) is 1.08. The van der Waals surface area contributed by atoms with Crippen molar-refractivity contribution in [3.63, 3.8) is 0 Å². The van der Waals surface area contributed by atoms with Crippen molar-refractivity contribution in [1.29, 1.82) is 0 Å². The van der Waals surface area contributed by atoms with E-state index in [1.807, 2.05) is 37.8 Å². The summed E-state index contributed by atoms with van der Waals surface area (Å²) in [6.07, 6.45) is 5.68. The van der Waals surface area contributed by atoms with Gasteiger partial charge in [0.1, 0.15) is 5.82 Å². The molecule has 0 aromatic carbocycles. The van der Waals surface area contributed by atoms with Gasteiger partial charge >= 0.3 is 0 Å². The van der Waals surface area contributed by atoms with Crippen LogP contribution in [0.5, 0.6) is 0 Å². The van der Waals surface area contributed by atoms with Crippen molar-refractivity contribution in [1.82, 2.24) is 24.3 Å². The molecule has 0 bridgehead atoms. The normalized spacial score (nSPS) is 11.4. The largest absolute Gasteiger partial charge is 0.337 e. The van der Waals surface area contributed by atoms with Crippen LogP contribution in [0.25, 0.3) is 0 Å². The summed E-state index contributed by atoms with van der Waals surface area (Å²) in [7, 11) is 6.23. The molecule has 0 radical (unpaired) electrons.